The smallest absolute Gasteiger partial charge is 0.261 e. The molecule has 0 spiro atoms. The van der Waals surface area contributed by atoms with E-state index in [9.17, 15) is 14.4 Å². The maximum absolute atomic E-state index is 10.3. The fraction of sp³-hybridized carbons (Fsp3) is 0. The third kappa shape index (κ3) is 3.35. The van der Waals surface area contributed by atoms with E-state index >= 15 is 0 Å². The number of carbonyl (C=O) groups is 2. The summed E-state index contributed by atoms with van der Waals surface area (Å²) < 4.78 is 0. The van der Waals surface area contributed by atoms with E-state index in [1.807, 2.05) is 5.32 Å². The van der Waals surface area contributed by atoms with Gasteiger partial charge in [0.2, 0.25) is 5.91 Å². The monoisotopic (exact) mass is 139 g/mol. The Morgan fingerprint density at radius 1 is 1.40 bits per heavy atom. The first-order valence-corrected chi connectivity index (χ1v) is 2.39. The van der Waals surface area contributed by atoms with Gasteiger partial charge in [-0.2, -0.15) is 0 Å². The van der Waals surface area contributed by atoms with Gasteiger partial charge in [-0.25, -0.2) is 4.79 Å². The molecule has 0 heterocycles. The summed E-state index contributed by atoms with van der Waals surface area (Å²) in [4.78, 5) is 30.1. The molecule has 52 valence electrons. The number of carbonyl (C=O) groups excluding carboxylic acids is 3. The van der Waals surface area contributed by atoms with Crippen LogP contribution in [0.1, 0.15) is 0 Å². The fourth-order valence-electron chi connectivity index (χ4n) is 0.262. The van der Waals surface area contributed by atoms with Crippen molar-refractivity contribution >= 4 is 17.8 Å². The van der Waals surface area contributed by atoms with E-state index in [0.29, 0.717) is 6.08 Å². The molecule has 0 bridgehead atoms. The van der Waals surface area contributed by atoms with Crippen LogP contribution in [0.3, 0.4) is 0 Å². The van der Waals surface area contributed by atoms with Gasteiger partial charge in [-0.3, -0.25) is 14.9 Å². The lowest BCUT2D eigenvalue weighted by Crippen LogP contribution is -2.26. The van der Waals surface area contributed by atoms with Crippen LogP contribution in [-0.2, 0) is 14.4 Å². The molecule has 0 aliphatic rings. The molecule has 1 N–H and O–H groups in total. The van der Waals surface area contributed by atoms with E-state index in [1.165, 1.54) is 5.94 Å². The van der Waals surface area contributed by atoms with E-state index in [1.54, 1.807) is 0 Å². The quantitative estimate of drug-likeness (QED) is 0.402. The second kappa shape index (κ2) is 4.23. The largest absolute Gasteiger partial charge is 0.289 e. The summed E-state index contributed by atoms with van der Waals surface area (Å²) in [5.74, 6) is -0.211. The zero-order chi connectivity index (χ0) is 7.98. The van der Waals surface area contributed by atoms with Crippen molar-refractivity contribution in [2.24, 2.45) is 0 Å². The molecule has 0 unspecified atom stereocenters. The highest BCUT2D eigenvalue weighted by molar-refractivity contribution is 6.07. The van der Waals surface area contributed by atoms with Gasteiger partial charge < -0.3 is 0 Å². The van der Waals surface area contributed by atoms with Gasteiger partial charge in [-0.15, -0.1) is 0 Å². The Kier molecular flexibility index (Phi) is 3.53. The Labute approximate surface area is 57.2 Å². The van der Waals surface area contributed by atoms with Crippen molar-refractivity contribution in [3.63, 3.8) is 0 Å². The highest BCUT2D eigenvalue weighted by atomic mass is 16.2. The van der Waals surface area contributed by atoms with Gasteiger partial charge in [0.15, 0.2) is 0 Å². The van der Waals surface area contributed by atoms with Crippen molar-refractivity contribution < 1.29 is 14.4 Å². The van der Waals surface area contributed by atoms with Crippen LogP contribution in [0.2, 0.25) is 0 Å². The van der Waals surface area contributed by atoms with Crippen LogP contribution in [0.25, 0.3) is 0 Å². The van der Waals surface area contributed by atoms with Crippen LogP contribution in [0.4, 0.5) is 0 Å². The lowest BCUT2D eigenvalue weighted by Gasteiger charge is -1.90. The Morgan fingerprint density at radius 2 is 2.00 bits per heavy atom. The number of imide groups is 1. The molecule has 0 aliphatic heterocycles. The Morgan fingerprint density at radius 3 is 2.40 bits per heavy atom. The van der Waals surface area contributed by atoms with E-state index in [4.69, 9.17) is 0 Å². The summed E-state index contributed by atoms with van der Waals surface area (Å²) in [6.45, 7) is 3.10. The molecule has 0 saturated heterocycles. The highest BCUT2D eigenvalue weighted by Crippen LogP contribution is 1.68. The molecule has 0 atom stereocenters. The zero-order valence-electron chi connectivity index (χ0n) is 5.09. The average Bonchev–Trinajstić information content (AvgIpc) is 1.88. The molecule has 0 radical (unpaired) electrons. The van der Waals surface area contributed by atoms with E-state index in [-0.39, 0.29) is 0 Å². The molecule has 0 saturated carbocycles. The Bertz CT molecular complexity index is 213. The fourth-order valence-corrected chi connectivity index (χ4v) is 0.262. The minimum absolute atomic E-state index is 0.585. The molecule has 0 aromatic rings. The highest BCUT2D eigenvalue weighted by Gasteiger charge is 1.98. The topological polar surface area (TPSA) is 63.2 Å². The van der Waals surface area contributed by atoms with Crippen molar-refractivity contribution in [1.29, 1.82) is 0 Å². The van der Waals surface area contributed by atoms with Gasteiger partial charge >= 0.3 is 0 Å². The molecule has 0 fully saturated rings. The van der Waals surface area contributed by atoms with Gasteiger partial charge in [-0.05, 0) is 6.08 Å². The molecule has 0 rings (SSSR count). The molecule has 4 nitrogen and oxygen atoms in total. The summed E-state index contributed by atoms with van der Waals surface area (Å²) >= 11 is 0. The van der Waals surface area contributed by atoms with Gasteiger partial charge in [0.25, 0.3) is 5.91 Å². The minimum Gasteiger partial charge on any atom is -0.289 e. The summed E-state index contributed by atoms with van der Waals surface area (Å²) in [6.07, 6.45) is 1.51. The summed E-state index contributed by atoms with van der Waals surface area (Å²) in [5, 5.41) is 1.82. The molecule has 0 aliphatic carbocycles. The van der Waals surface area contributed by atoms with Gasteiger partial charge in [-0.1, -0.05) is 6.58 Å². The normalized spacial score (nSPS) is 7.20. The number of hydrogen-bond acceptors (Lipinski definition) is 3. The first-order valence-electron chi connectivity index (χ1n) is 2.39. The second-order valence-electron chi connectivity index (χ2n) is 1.32. The molecule has 0 aromatic carbocycles. The molecule has 2 amide bonds. The maximum atomic E-state index is 10.3. The summed E-state index contributed by atoms with van der Waals surface area (Å²) in [6, 6.07) is 0. The summed E-state index contributed by atoms with van der Waals surface area (Å²) in [7, 11) is 0. The van der Waals surface area contributed by atoms with Crippen molar-refractivity contribution in [3.05, 3.63) is 18.7 Å². The predicted octanol–water partition coefficient (Wildman–Crippen LogP) is -0.797. The van der Waals surface area contributed by atoms with Crippen LogP contribution >= 0.6 is 0 Å². The second-order valence-corrected chi connectivity index (χ2v) is 1.32. The standard InChI is InChI=1S/C6H5NO3/c1-2-5(9)7-6(10)3-4-8/h2-3H,1H2,(H,7,9,10). The zero-order valence-corrected chi connectivity index (χ0v) is 5.09. The van der Waals surface area contributed by atoms with Crippen molar-refractivity contribution in [2.45, 2.75) is 0 Å². The molecular formula is C6H5NO3. The van der Waals surface area contributed by atoms with E-state index in [2.05, 4.69) is 6.58 Å². The average molecular weight is 139 g/mol. The van der Waals surface area contributed by atoms with Gasteiger partial charge in [0.05, 0.1) is 6.08 Å². The van der Waals surface area contributed by atoms with Crippen molar-refractivity contribution in [1.82, 2.24) is 5.32 Å². The molecular weight excluding hydrogens is 134 g/mol. The van der Waals surface area contributed by atoms with E-state index in [0.717, 1.165) is 6.08 Å². The van der Waals surface area contributed by atoms with Crippen LogP contribution in [0, 0.1) is 0 Å². The van der Waals surface area contributed by atoms with Crippen LogP contribution in [-0.4, -0.2) is 17.8 Å². The first kappa shape index (κ1) is 8.33. The van der Waals surface area contributed by atoms with Crippen LogP contribution in [0.5, 0.6) is 0 Å². The number of hydrogen-bond donors (Lipinski definition) is 1. The lowest BCUT2D eigenvalue weighted by molar-refractivity contribution is -0.125. The molecule has 10 heavy (non-hydrogen) atoms. The van der Waals surface area contributed by atoms with Gasteiger partial charge in [0.1, 0.15) is 5.94 Å². The SMILES string of the molecule is C=CC(=O)NC(=O)C=C=O. The molecule has 4 heteroatoms. The third-order valence-electron chi connectivity index (χ3n) is 0.622. The predicted molar refractivity (Wildman–Crippen MR) is 33.6 cm³/mol. The summed E-state index contributed by atoms with van der Waals surface area (Å²) in [5.41, 5.74) is 0. The van der Waals surface area contributed by atoms with Crippen molar-refractivity contribution in [2.75, 3.05) is 0 Å². The van der Waals surface area contributed by atoms with Crippen molar-refractivity contribution in [3.8, 4) is 0 Å². The number of amides is 2. The Balaban J connectivity index is 3.91. The van der Waals surface area contributed by atoms with Crippen LogP contribution in [0.15, 0.2) is 18.7 Å². The van der Waals surface area contributed by atoms with Gasteiger partial charge in [0, 0.05) is 0 Å². The number of rotatable bonds is 2. The maximum Gasteiger partial charge on any atom is 0.261 e. The minimum atomic E-state index is -0.792. The van der Waals surface area contributed by atoms with E-state index < -0.39 is 11.8 Å². The Hall–Kier alpha value is -1.67. The lowest BCUT2D eigenvalue weighted by atomic mass is 10.5. The van der Waals surface area contributed by atoms with Crippen LogP contribution < -0.4 is 5.32 Å². The first-order chi connectivity index (χ1) is 4.70. The third-order valence-corrected chi connectivity index (χ3v) is 0.622. The molecule has 0 aromatic heterocycles. The number of nitrogens with one attached hydrogen (secondary N) is 1.